The van der Waals surface area contributed by atoms with E-state index in [-0.39, 0.29) is 0 Å². The number of aromatic nitrogens is 1. The maximum atomic E-state index is 11.5. The van der Waals surface area contributed by atoms with E-state index in [0.29, 0.717) is 23.6 Å². The van der Waals surface area contributed by atoms with Gasteiger partial charge in [-0.1, -0.05) is 6.07 Å². The van der Waals surface area contributed by atoms with Gasteiger partial charge in [-0.05, 0) is 37.3 Å². The predicted octanol–water partition coefficient (Wildman–Crippen LogP) is 2.87. The Morgan fingerprint density at radius 1 is 1.40 bits per heavy atom. The van der Waals surface area contributed by atoms with Gasteiger partial charge in [0.05, 0.1) is 23.8 Å². The van der Waals surface area contributed by atoms with Gasteiger partial charge in [0.2, 0.25) is 0 Å². The van der Waals surface area contributed by atoms with Crippen LogP contribution >= 0.6 is 0 Å². The van der Waals surface area contributed by atoms with Crippen LogP contribution in [0.5, 0.6) is 0 Å². The third kappa shape index (κ3) is 3.33. The molecule has 20 heavy (non-hydrogen) atoms. The zero-order valence-corrected chi connectivity index (χ0v) is 11.0. The highest BCUT2D eigenvalue weighted by Gasteiger charge is 2.06. The summed E-state index contributed by atoms with van der Waals surface area (Å²) in [7, 11) is 0. The Morgan fingerprint density at radius 3 is 2.90 bits per heavy atom. The van der Waals surface area contributed by atoms with Gasteiger partial charge in [-0.3, -0.25) is 0 Å². The molecule has 100 valence electrons. The first kappa shape index (κ1) is 13.6. The van der Waals surface area contributed by atoms with Crippen LogP contribution in [0.4, 0.5) is 11.5 Å². The van der Waals surface area contributed by atoms with Crippen molar-refractivity contribution in [2.45, 2.75) is 6.92 Å². The number of hydrogen-bond donors (Lipinski definition) is 1. The van der Waals surface area contributed by atoms with Crippen molar-refractivity contribution in [3.05, 3.63) is 53.7 Å². The molecule has 5 heteroatoms. The highest BCUT2D eigenvalue weighted by molar-refractivity contribution is 5.89. The average Bonchev–Trinajstić information content (AvgIpc) is 2.48. The average molecular weight is 267 g/mol. The highest BCUT2D eigenvalue weighted by Crippen LogP contribution is 2.16. The van der Waals surface area contributed by atoms with Gasteiger partial charge in [0.1, 0.15) is 5.82 Å². The molecule has 0 bridgehead atoms. The highest BCUT2D eigenvalue weighted by atomic mass is 16.5. The number of benzene rings is 1. The van der Waals surface area contributed by atoms with Crippen molar-refractivity contribution >= 4 is 17.5 Å². The number of nitriles is 1. The number of pyridine rings is 1. The number of ether oxygens (including phenoxy) is 1. The van der Waals surface area contributed by atoms with Crippen LogP contribution in [0.15, 0.2) is 42.6 Å². The molecule has 1 N–H and O–H groups in total. The normalized spacial score (nSPS) is 9.60. The van der Waals surface area contributed by atoms with Gasteiger partial charge in [0.15, 0.2) is 0 Å². The van der Waals surface area contributed by atoms with Crippen molar-refractivity contribution in [1.82, 2.24) is 4.98 Å². The fraction of sp³-hybridized carbons (Fsp3) is 0.133. The Balaban J connectivity index is 2.11. The minimum atomic E-state index is -0.391. The van der Waals surface area contributed by atoms with E-state index in [0.717, 1.165) is 5.69 Å². The second-order valence-corrected chi connectivity index (χ2v) is 3.97. The summed E-state index contributed by atoms with van der Waals surface area (Å²) in [6.45, 7) is 2.09. The molecule has 0 saturated heterocycles. The molecular formula is C15H13N3O2. The predicted molar refractivity (Wildman–Crippen MR) is 74.6 cm³/mol. The molecule has 0 amide bonds. The van der Waals surface area contributed by atoms with Crippen LogP contribution in [0.3, 0.4) is 0 Å². The first-order valence-corrected chi connectivity index (χ1v) is 6.13. The van der Waals surface area contributed by atoms with Gasteiger partial charge in [0.25, 0.3) is 0 Å². The number of carbonyl (C=O) groups excluding carboxylic acids is 1. The van der Waals surface area contributed by atoms with Crippen LogP contribution in [0, 0.1) is 11.3 Å². The summed E-state index contributed by atoms with van der Waals surface area (Å²) in [4.78, 5) is 15.6. The molecule has 1 aromatic heterocycles. The van der Waals surface area contributed by atoms with Crippen molar-refractivity contribution in [3.63, 3.8) is 0 Å². The summed E-state index contributed by atoms with van der Waals surface area (Å²) >= 11 is 0. The van der Waals surface area contributed by atoms with Crippen molar-refractivity contribution in [1.29, 1.82) is 5.26 Å². The van der Waals surface area contributed by atoms with Crippen molar-refractivity contribution < 1.29 is 9.53 Å². The summed E-state index contributed by atoms with van der Waals surface area (Å²) in [6, 6.07) is 12.5. The molecule has 1 aromatic carbocycles. The van der Waals surface area contributed by atoms with Crippen LogP contribution in [0.1, 0.15) is 22.8 Å². The third-order valence-corrected chi connectivity index (χ3v) is 2.54. The van der Waals surface area contributed by atoms with E-state index < -0.39 is 5.97 Å². The van der Waals surface area contributed by atoms with Gasteiger partial charge in [-0.15, -0.1) is 0 Å². The van der Waals surface area contributed by atoms with Crippen LogP contribution < -0.4 is 5.32 Å². The molecule has 0 atom stereocenters. The van der Waals surface area contributed by atoms with E-state index in [4.69, 9.17) is 10.00 Å². The smallest absolute Gasteiger partial charge is 0.339 e. The summed E-state index contributed by atoms with van der Waals surface area (Å²) < 4.78 is 4.88. The van der Waals surface area contributed by atoms with Gasteiger partial charge >= 0.3 is 5.97 Å². The summed E-state index contributed by atoms with van der Waals surface area (Å²) in [5.74, 6) is 0.200. The minimum absolute atomic E-state index is 0.333. The lowest BCUT2D eigenvalue weighted by Crippen LogP contribution is -2.05. The Hall–Kier alpha value is -2.87. The third-order valence-electron chi connectivity index (χ3n) is 2.54. The zero-order valence-electron chi connectivity index (χ0n) is 11.0. The topological polar surface area (TPSA) is 75.0 Å². The standard InChI is InChI=1S/C15H13N3O2/c1-2-20-15(19)12-6-7-14(17-10-12)18-13-5-3-4-11(8-13)9-16/h3-8,10H,2H2,1H3,(H,17,18). The molecular weight excluding hydrogens is 254 g/mol. The quantitative estimate of drug-likeness (QED) is 0.862. The van der Waals surface area contributed by atoms with Gasteiger partial charge in [-0.2, -0.15) is 5.26 Å². The molecule has 0 aliphatic carbocycles. The minimum Gasteiger partial charge on any atom is -0.462 e. The zero-order chi connectivity index (χ0) is 14.4. The molecule has 0 saturated carbocycles. The van der Waals surface area contributed by atoms with Crippen molar-refractivity contribution in [2.24, 2.45) is 0 Å². The number of esters is 1. The SMILES string of the molecule is CCOC(=O)c1ccc(Nc2cccc(C#N)c2)nc1. The maximum Gasteiger partial charge on any atom is 0.339 e. The number of nitrogens with one attached hydrogen (secondary N) is 1. The lowest BCUT2D eigenvalue weighted by Gasteiger charge is -2.06. The summed E-state index contributed by atoms with van der Waals surface area (Å²) in [5.41, 5.74) is 1.74. The number of anilines is 2. The van der Waals surface area contributed by atoms with E-state index in [1.165, 1.54) is 6.20 Å². The largest absolute Gasteiger partial charge is 0.462 e. The fourth-order valence-corrected chi connectivity index (χ4v) is 1.62. The Morgan fingerprint density at radius 2 is 2.25 bits per heavy atom. The van der Waals surface area contributed by atoms with Crippen LogP contribution in [-0.2, 0) is 4.74 Å². The maximum absolute atomic E-state index is 11.5. The number of rotatable bonds is 4. The number of hydrogen-bond acceptors (Lipinski definition) is 5. The van der Waals surface area contributed by atoms with E-state index in [1.807, 2.05) is 6.07 Å². The second-order valence-electron chi connectivity index (χ2n) is 3.97. The first-order chi connectivity index (χ1) is 9.72. The molecule has 0 spiro atoms. The Bertz CT molecular complexity index is 645. The molecule has 5 nitrogen and oxygen atoms in total. The first-order valence-electron chi connectivity index (χ1n) is 6.13. The van der Waals surface area contributed by atoms with E-state index >= 15 is 0 Å². The second kappa shape index (κ2) is 6.34. The lowest BCUT2D eigenvalue weighted by molar-refractivity contribution is 0.0526. The molecule has 0 aliphatic heterocycles. The monoisotopic (exact) mass is 267 g/mol. The summed E-state index contributed by atoms with van der Waals surface area (Å²) in [6.07, 6.45) is 1.45. The van der Waals surface area contributed by atoms with Gasteiger partial charge in [0, 0.05) is 11.9 Å². The Labute approximate surface area is 116 Å². The van der Waals surface area contributed by atoms with Crippen LogP contribution in [0.2, 0.25) is 0 Å². The van der Waals surface area contributed by atoms with E-state index in [1.54, 1.807) is 37.3 Å². The molecule has 1 heterocycles. The molecule has 2 aromatic rings. The van der Waals surface area contributed by atoms with E-state index in [2.05, 4.69) is 16.4 Å². The van der Waals surface area contributed by atoms with Crippen LogP contribution in [-0.4, -0.2) is 17.6 Å². The molecule has 0 fully saturated rings. The van der Waals surface area contributed by atoms with E-state index in [9.17, 15) is 4.79 Å². The number of nitrogens with zero attached hydrogens (tertiary/aromatic N) is 2. The molecule has 0 aliphatic rings. The van der Waals surface area contributed by atoms with Crippen LogP contribution in [0.25, 0.3) is 0 Å². The summed E-state index contributed by atoms with van der Waals surface area (Å²) in [5, 5.41) is 11.9. The molecule has 0 unspecified atom stereocenters. The van der Waals surface area contributed by atoms with Gasteiger partial charge in [-0.25, -0.2) is 9.78 Å². The molecule has 0 radical (unpaired) electrons. The lowest BCUT2D eigenvalue weighted by atomic mass is 10.2. The van der Waals surface area contributed by atoms with Crippen molar-refractivity contribution in [3.8, 4) is 6.07 Å². The van der Waals surface area contributed by atoms with Gasteiger partial charge < -0.3 is 10.1 Å². The fourth-order valence-electron chi connectivity index (χ4n) is 1.62. The Kier molecular flexibility index (Phi) is 4.30. The number of carbonyl (C=O) groups is 1. The molecule has 2 rings (SSSR count). The van der Waals surface area contributed by atoms with Crippen molar-refractivity contribution in [2.75, 3.05) is 11.9 Å².